The molecule has 0 amide bonds. The van der Waals surface area contributed by atoms with E-state index in [1.165, 1.54) is 158 Å². The second kappa shape index (κ2) is 33.3. The summed E-state index contributed by atoms with van der Waals surface area (Å²) in [6, 6.07) is 51.6. The van der Waals surface area contributed by atoms with Crippen molar-refractivity contribution in [2.24, 2.45) is 5.11 Å². The molecule has 0 bridgehead atoms. The van der Waals surface area contributed by atoms with Crippen LogP contribution in [0.1, 0.15) is 86.4 Å². The molecule has 15 atom stereocenters. The summed E-state index contributed by atoms with van der Waals surface area (Å²) in [4.78, 5) is 144. The average molecular weight is 1360 g/mol. The minimum Gasteiger partial charge on any atom is -0.479 e. The van der Waals surface area contributed by atoms with Gasteiger partial charge in [0.05, 0.1) is 38.9 Å². The van der Waals surface area contributed by atoms with E-state index >= 15 is 4.79 Å². The summed E-state index contributed by atoms with van der Waals surface area (Å²) in [6.45, 7) is -0.113. The lowest BCUT2D eigenvalue weighted by molar-refractivity contribution is -0.369. The first-order chi connectivity index (χ1) is 47.9. The normalized spacial score (nSPS) is 24.6. The van der Waals surface area contributed by atoms with E-state index in [0.717, 1.165) is 13.8 Å². The Morgan fingerprint density at radius 2 is 0.636 bits per heavy atom. The molecule has 3 heterocycles. The second-order valence-corrected chi connectivity index (χ2v) is 22.0. The Balaban J connectivity index is 1.19. The third kappa shape index (κ3) is 17.9. The SMILES string of the molecule is CC(=O)O[C@@H]1[C@@H](O[C@@H]2O[C@H](COC(=O)c3ccccc3)[C@@H](O[C@@H]3O[C@H](COC(=O)c4ccccc4)[C@H](OC(=O)c4ccccc4)[C@H](OC(=O)c4ccccc4)[C@H]3OC(=O)c3ccccc3)[C@H](OC(=O)c3ccccc3)[C@H]2OC(=O)c2ccccc2)[C@H](OC(C)=O)[C@@H](C(=O)O)O[C@H]1N=[N+]=[N-]. The highest BCUT2D eigenvalue weighted by Gasteiger charge is 2.61. The molecule has 10 rings (SSSR count). The molecule has 28 heteroatoms. The van der Waals surface area contributed by atoms with Gasteiger partial charge in [0.2, 0.25) is 0 Å². The lowest BCUT2D eigenvalue weighted by Gasteiger charge is -2.50. The predicted molar refractivity (Wildman–Crippen MR) is 335 cm³/mol. The van der Waals surface area contributed by atoms with Crippen LogP contribution in [-0.2, 0) is 80.7 Å². The van der Waals surface area contributed by atoms with Crippen LogP contribution in [-0.4, -0.2) is 170 Å². The van der Waals surface area contributed by atoms with Crippen molar-refractivity contribution in [3.8, 4) is 0 Å². The first-order valence-corrected chi connectivity index (χ1v) is 30.6. The molecule has 3 aliphatic heterocycles. The maximum absolute atomic E-state index is 15.1. The van der Waals surface area contributed by atoms with Crippen LogP contribution in [0.25, 0.3) is 10.4 Å². The smallest absolute Gasteiger partial charge is 0.338 e. The molecule has 0 radical (unpaired) electrons. The highest BCUT2D eigenvalue weighted by atomic mass is 16.8. The molecule has 0 aromatic heterocycles. The Hall–Kier alpha value is -11.7. The minimum atomic E-state index is -2.38. The van der Waals surface area contributed by atoms with Gasteiger partial charge in [-0.2, -0.15) is 0 Å². The van der Waals surface area contributed by atoms with Gasteiger partial charge in [-0.1, -0.05) is 133 Å². The highest BCUT2D eigenvalue weighted by Crippen LogP contribution is 2.40. The number of carbonyl (C=O) groups excluding carboxylic acids is 9. The molecule has 3 fully saturated rings. The van der Waals surface area contributed by atoms with Crippen LogP contribution in [0.3, 0.4) is 0 Å². The van der Waals surface area contributed by atoms with E-state index in [2.05, 4.69) is 10.0 Å². The number of azide groups is 1. The standard InChI is InChI=1S/C71H61N3O25/c1-40(75)88-56-55(57(89-41(2)76)61(73-74-72)92-58(56)62(77)78)99-71-60(97-69(85)48-36-22-9-23-37-48)54(95-67(83)46-32-18-7-19-33-46)52(50(91-71)39-87-64(80)43-26-12-4-13-27-43)98-70-59(96-68(84)47-34-20-8-21-35-47)53(94-66(82)45-30-16-6-17-31-45)51(93-65(81)44-28-14-5-15-29-44)49(90-70)38-86-63(79)42-24-10-3-11-25-42/h3-37,49-61,70-71H,38-39H2,1-2H3,(H,77,78)/t49-,50-,51+,52-,53+,54+,55+,56+,57-,58+,59-,60-,61-,70+,71+/m1/s1. The van der Waals surface area contributed by atoms with E-state index in [1.807, 2.05) is 0 Å². The van der Waals surface area contributed by atoms with Crippen molar-refractivity contribution in [2.75, 3.05) is 13.2 Å². The van der Waals surface area contributed by atoms with Crippen molar-refractivity contribution in [3.05, 3.63) is 262 Å². The molecule has 0 unspecified atom stereocenters. The number of hydrogen-bond donors (Lipinski definition) is 1. The fraction of sp³-hybridized carbons (Fsp3) is 0.268. The predicted octanol–water partition coefficient (Wildman–Crippen LogP) is 8.03. The molecular formula is C71H61N3O25. The van der Waals surface area contributed by atoms with Crippen LogP contribution in [0.15, 0.2) is 217 Å². The van der Waals surface area contributed by atoms with E-state index in [9.17, 15) is 53.8 Å². The van der Waals surface area contributed by atoms with Gasteiger partial charge in [0.15, 0.2) is 67.6 Å². The van der Waals surface area contributed by atoms with Crippen molar-refractivity contribution in [1.29, 1.82) is 0 Å². The van der Waals surface area contributed by atoms with Crippen LogP contribution in [0, 0.1) is 0 Å². The third-order valence-electron chi connectivity index (χ3n) is 15.3. The van der Waals surface area contributed by atoms with Gasteiger partial charge in [0.1, 0.15) is 37.6 Å². The maximum atomic E-state index is 15.1. The molecule has 0 spiro atoms. The molecule has 0 aliphatic carbocycles. The van der Waals surface area contributed by atoms with Gasteiger partial charge in [0.25, 0.3) is 0 Å². The number of rotatable bonds is 24. The van der Waals surface area contributed by atoms with Gasteiger partial charge in [-0.15, -0.1) is 0 Å². The summed E-state index contributed by atoms with van der Waals surface area (Å²) >= 11 is 0. The Kier molecular flexibility index (Phi) is 23.6. The Labute approximate surface area is 562 Å². The van der Waals surface area contributed by atoms with Gasteiger partial charge < -0.3 is 71.4 Å². The highest BCUT2D eigenvalue weighted by molar-refractivity contribution is 5.93. The number of ether oxygens (including phenoxy) is 14. The molecule has 3 aliphatic rings. The fourth-order valence-electron chi connectivity index (χ4n) is 10.8. The first-order valence-electron chi connectivity index (χ1n) is 30.6. The lowest BCUT2D eigenvalue weighted by atomic mass is 9.94. The molecular weight excluding hydrogens is 1290 g/mol. The lowest BCUT2D eigenvalue weighted by Crippen LogP contribution is -2.69. The van der Waals surface area contributed by atoms with Gasteiger partial charge >= 0.3 is 59.7 Å². The Bertz CT molecular complexity index is 4000. The second-order valence-electron chi connectivity index (χ2n) is 22.0. The van der Waals surface area contributed by atoms with Gasteiger partial charge in [-0.3, -0.25) is 9.59 Å². The minimum absolute atomic E-state index is 0.0321. The summed E-state index contributed by atoms with van der Waals surface area (Å²) in [6.07, 6.45) is -32.5. The summed E-state index contributed by atoms with van der Waals surface area (Å²) in [5, 5.41) is 14.2. The maximum Gasteiger partial charge on any atom is 0.338 e. The molecule has 1 N–H and O–H groups in total. The van der Waals surface area contributed by atoms with E-state index in [1.54, 1.807) is 54.6 Å². The van der Waals surface area contributed by atoms with Crippen LogP contribution in [0.5, 0.6) is 0 Å². The monoisotopic (exact) mass is 1360 g/mol. The van der Waals surface area contributed by atoms with Crippen LogP contribution in [0.4, 0.5) is 0 Å². The molecule has 7 aromatic carbocycles. The van der Waals surface area contributed by atoms with Crippen molar-refractivity contribution in [3.63, 3.8) is 0 Å². The molecule has 99 heavy (non-hydrogen) atoms. The van der Waals surface area contributed by atoms with Crippen LogP contribution < -0.4 is 0 Å². The number of carbonyl (C=O) groups is 10. The van der Waals surface area contributed by atoms with E-state index < -0.39 is 165 Å². The first kappa shape index (κ1) is 70.2. The number of nitrogens with zero attached hydrogens (tertiary/aromatic N) is 3. The van der Waals surface area contributed by atoms with Crippen molar-refractivity contribution in [2.45, 2.75) is 106 Å². The van der Waals surface area contributed by atoms with Gasteiger partial charge in [-0.05, 0) is 90.5 Å². The number of hydrogen-bond acceptors (Lipinski definition) is 25. The van der Waals surface area contributed by atoms with Crippen molar-refractivity contribution < 1.29 is 119 Å². The number of benzene rings is 7. The fourth-order valence-corrected chi connectivity index (χ4v) is 10.8. The number of aliphatic carboxylic acids is 1. The van der Waals surface area contributed by atoms with Crippen LogP contribution >= 0.6 is 0 Å². The van der Waals surface area contributed by atoms with Crippen molar-refractivity contribution in [1.82, 2.24) is 0 Å². The Morgan fingerprint density at radius 3 is 0.960 bits per heavy atom. The van der Waals surface area contributed by atoms with Crippen molar-refractivity contribution >= 4 is 59.7 Å². The largest absolute Gasteiger partial charge is 0.479 e. The third-order valence-corrected chi connectivity index (χ3v) is 15.3. The topological polar surface area (TPSA) is 369 Å². The van der Waals surface area contributed by atoms with E-state index in [0.29, 0.717) is 0 Å². The number of esters is 9. The summed E-state index contributed by atoms with van der Waals surface area (Å²) < 4.78 is 87.5. The number of carboxylic acids is 1. The molecule has 28 nitrogen and oxygen atoms in total. The molecule has 7 aromatic rings. The van der Waals surface area contributed by atoms with Crippen LogP contribution in [0.2, 0.25) is 0 Å². The molecule has 3 saturated heterocycles. The van der Waals surface area contributed by atoms with E-state index in [-0.39, 0.29) is 38.9 Å². The van der Waals surface area contributed by atoms with E-state index in [4.69, 9.17) is 66.3 Å². The van der Waals surface area contributed by atoms with Gasteiger partial charge in [-0.25, -0.2) is 38.4 Å². The molecule has 510 valence electrons. The average Bonchev–Trinajstić information content (AvgIpc) is 0.761. The summed E-state index contributed by atoms with van der Waals surface area (Å²) in [5.41, 5.74) is 9.20. The summed E-state index contributed by atoms with van der Waals surface area (Å²) in [5.74, 6) is -11.8. The van der Waals surface area contributed by atoms with Gasteiger partial charge in [0, 0.05) is 18.8 Å². The zero-order valence-electron chi connectivity index (χ0n) is 52.4. The quantitative estimate of drug-likeness (QED) is 0.0196. The summed E-state index contributed by atoms with van der Waals surface area (Å²) in [7, 11) is 0. The number of carboxylic acid groups (broad SMARTS) is 1. The molecule has 0 saturated carbocycles. The zero-order chi connectivity index (χ0) is 70.0. The Morgan fingerprint density at radius 1 is 0.354 bits per heavy atom. The zero-order valence-corrected chi connectivity index (χ0v) is 52.4.